The van der Waals surface area contributed by atoms with E-state index in [1.54, 1.807) is 7.11 Å². The molecular formula is C15H20N2O2. The first-order valence-corrected chi connectivity index (χ1v) is 6.71. The summed E-state index contributed by atoms with van der Waals surface area (Å²) in [5.41, 5.74) is 2.07. The lowest BCUT2D eigenvalue weighted by atomic mass is 10.2. The predicted molar refractivity (Wildman–Crippen MR) is 75.2 cm³/mol. The summed E-state index contributed by atoms with van der Waals surface area (Å²) in [5.74, 6) is 1.04. The van der Waals surface area contributed by atoms with Crippen LogP contribution in [0.3, 0.4) is 0 Å². The maximum absolute atomic E-state index is 11.9. The maximum atomic E-state index is 11.9. The van der Waals surface area contributed by atoms with E-state index in [4.69, 9.17) is 4.74 Å². The number of nitrogens with zero attached hydrogens (tertiary/aromatic N) is 2. The molecule has 0 amide bonds. The number of rotatable bonds is 7. The van der Waals surface area contributed by atoms with Crippen molar-refractivity contribution in [3.63, 3.8) is 0 Å². The van der Waals surface area contributed by atoms with Crippen LogP contribution in [0.5, 0.6) is 0 Å². The van der Waals surface area contributed by atoms with Gasteiger partial charge >= 0.3 is 0 Å². The quantitative estimate of drug-likeness (QED) is 0.768. The van der Waals surface area contributed by atoms with Gasteiger partial charge in [0.15, 0.2) is 0 Å². The number of hydrogen-bond donors (Lipinski definition) is 0. The van der Waals surface area contributed by atoms with Crippen molar-refractivity contribution in [2.45, 2.75) is 32.7 Å². The summed E-state index contributed by atoms with van der Waals surface area (Å²) in [6.07, 6.45) is 1.86. The molecule has 0 saturated carbocycles. The van der Waals surface area contributed by atoms with Crippen molar-refractivity contribution in [1.29, 1.82) is 0 Å². The van der Waals surface area contributed by atoms with Gasteiger partial charge in [0.2, 0.25) is 0 Å². The lowest BCUT2D eigenvalue weighted by molar-refractivity contribution is -0.119. The fourth-order valence-electron chi connectivity index (χ4n) is 2.21. The van der Waals surface area contributed by atoms with Gasteiger partial charge in [0, 0.05) is 20.1 Å². The lowest BCUT2D eigenvalue weighted by Crippen LogP contribution is -2.11. The van der Waals surface area contributed by atoms with Gasteiger partial charge in [-0.1, -0.05) is 19.1 Å². The van der Waals surface area contributed by atoms with Crippen molar-refractivity contribution in [2.75, 3.05) is 13.7 Å². The molecule has 0 saturated heterocycles. The molecule has 0 N–H and O–H groups in total. The second-order valence-corrected chi connectivity index (χ2v) is 4.63. The number of aromatic nitrogens is 2. The normalized spacial score (nSPS) is 11.1. The molecule has 0 bridgehead atoms. The summed E-state index contributed by atoms with van der Waals surface area (Å²) in [5, 5.41) is 0. The third-order valence-corrected chi connectivity index (χ3v) is 3.12. The number of fused-ring (bicyclic) bond motifs is 1. The van der Waals surface area contributed by atoms with Gasteiger partial charge in [0.25, 0.3) is 0 Å². The first kappa shape index (κ1) is 13.7. The zero-order chi connectivity index (χ0) is 13.7. The second-order valence-electron chi connectivity index (χ2n) is 4.63. The van der Waals surface area contributed by atoms with E-state index in [0.29, 0.717) is 19.4 Å². The molecule has 0 radical (unpaired) electrons. The molecule has 4 nitrogen and oxygen atoms in total. The Morgan fingerprint density at radius 2 is 2.16 bits per heavy atom. The van der Waals surface area contributed by atoms with Gasteiger partial charge < -0.3 is 9.30 Å². The SMILES string of the molecule is CCCn1c(CC(=O)CCOC)nc2ccccc21. The number of imidazole rings is 1. The van der Waals surface area contributed by atoms with E-state index in [1.807, 2.05) is 18.2 Å². The largest absolute Gasteiger partial charge is 0.384 e. The smallest absolute Gasteiger partial charge is 0.142 e. The Kier molecular flexibility index (Phi) is 4.68. The highest BCUT2D eigenvalue weighted by Gasteiger charge is 2.13. The number of hydrogen-bond acceptors (Lipinski definition) is 3. The van der Waals surface area contributed by atoms with Crippen LogP contribution in [0.15, 0.2) is 24.3 Å². The molecular weight excluding hydrogens is 240 g/mol. The van der Waals surface area contributed by atoms with Crippen LogP contribution in [0.1, 0.15) is 25.6 Å². The van der Waals surface area contributed by atoms with E-state index < -0.39 is 0 Å². The maximum Gasteiger partial charge on any atom is 0.142 e. The summed E-state index contributed by atoms with van der Waals surface area (Å²) < 4.78 is 7.09. The number of aryl methyl sites for hydroxylation is 1. The molecule has 19 heavy (non-hydrogen) atoms. The number of para-hydroxylation sites is 2. The minimum absolute atomic E-state index is 0.175. The molecule has 1 aromatic carbocycles. The summed E-state index contributed by atoms with van der Waals surface area (Å²) in [6, 6.07) is 8.03. The van der Waals surface area contributed by atoms with Crippen LogP contribution in [-0.2, 0) is 22.5 Å². The number of ketones is 1. The molecule has 1 aromatic heterocycles. The zero-order valence-corrected chi connectivity index (χ0v) is 11.6. The molecule has 1 heterocycles. The molecule has 0 aliphatic heterocycles. The van der Waals surface area contributed by atoms with Crippen LogP contribution in [0.2, 0.25) is 0 Å². The minimum atomic E-state index is 0.175. The Bertz CT molecular complexity index is 560. The Morgan fingerprint density at radius 1 is 1.37 bits per heavy atom. The van der Waals surface area contributed by atoms with Crippen LogP contribution in [-0.4, -0.2) is 29.1 Å². The minimum Gasteiger partial charge on any atom is -0.384 e. The molecule has 0 atom stereocenters. The predicted octanol–water partition coefficient (Wildman–Crippen LogP) is 2.59. The number of methoxy groups -OCH3 is 1. The summed E-state index contributed by atoms with van der Waals surface area (Å²) in [7, 11) is 1.61. The van der Waals surface area contributed by atoms with E-state index in [0.717, 1.165) is 29.8 Å². The highest BCUT2D eigenvalue weighted by atomic mass is 16.5. The molecule has 0 aliphatic rings. The fourth-order valence-corrected chi connectivity index (χ4v) is 2.21. The van der Waals surface area contributed by atoms with Crippen molar-refractivity contribution < 1.29 is 9.53 Å². The fraction of sp³-hybridized carbons (Fsp3) is 0.467. The van der Waals surface area contributed by atoms with Crippen LogP contribution in [0, 0.1) is 0 Å². The molecule has 0 spiro atoms. The van der Waals surface area contributed by atoms with Gasteiger partial charge in [0.05, 0.1) is 24.1 Å². The van der Waals surface area contributed by atoms with E-state index in [2.05, 4.69) is 22.5 Å². The van der Waals surface area contributed by atoms with Crippen LogP contribution >= 0.6 is 0 Å². The van der Waals surface area contributed by atoms with Crippen molar-refractivity contribution in [3.8, 4) is 0 Å². The average molecular weight is 260 g/mol. The monoisotopic (exact) mass is 260 g/mol. The van der Waals surface area contributed by atoms with Crippen molar-refractivity contribution in [3.05, 3.63) is 30.1 Å². The summed E-state index contributed by atoms with van der Waals surface area (Å²) in [4.78, 5) is 16.5. The van der Waals surface area contributed by atoms with Crippen LogP contribution in [0.4, 0.5) is 0 Å². The number of carbonyl (C=O) groups excluding carboxylic acids is 1. The van der Waals surface area contributed by atoms with Gasteiger partial charge in [-0.15, -0.1) is 0 Å². The Balaban J connectivity index is 2.26. The van der Waals surface area contributed by atoms with Crippen molar-refractivity contribution in [2.24, 2.45) is 0 Å². The van der Waals surface area contributed by atoms with Crippen molar-refractivity contribution >= 4 is 16.8 Å². The molecule has 102 valence electrons. The van der Waals surface area contributed by atoms with E-state index in [1.165, 1.54) is 0 Å². The number of Topliss-reactive ketones (excluding diaryl/α,β-unsaturated/α-hetero) is 1. The topological polar surface area (TPSA) is 44.1 Å². The Labute approximate surface area is 113 Å². The Hall–Kier alpha value is -1.68. The van der Waals surface area contributed by atoms with E-state index >= 15 is 0 Å². The van der Waals surface area contributed by atoms with Gasteiger partial charge in [-0.3, -0.25) is 4.79 Å². The highest BCUT2D eigenvalue weighted by Crippen LogP contribution is 2.17. The second kappa shape index (κ2) is 6.48. The zero-order valence-electron chi connectivity index (χ0n) is 11.6. The van der Waals surface area contributed by atoms with Gasteiger partial charge in [-0.25, -0.2) is 4.98 Å². The van der Waals surface area contributed by atoms with Gasteiger partial charge in [-0.2, -0.15) is 0 Å². The lowest BCUT2D eigenvalue weighted by Gasteiger charge is -2.07. The van der Waals surface area contributed by atoms with Crippen LogP contribution in [0.25, 0.3) is 11.0 Å². The highest BCUT2D eigenvalue weighted by molar-refractivity contribution is 5.82. The third-order valence-electron chi connectivity index (χ3n) is 3.12. The average Bonchev–Trinajstić information content (AvgIpc) is 2.75. The number of benzene rings is 1. The molecule has 2 aromatic rings. The van der Waals surface area contributed by atoms with Crippen LogP contribution < -0.4 is 0 Å². The number of ether oxygens (including phenoxy) is 1. The molecule has 2 rings (SSSR count). The summed E-state index contributed by atoms with van der Waals surface area (Å²) >= 11 is 0. The van der Waals surface area contributed by atoms with Gasteiger partial charge in [-0.05, 0) is 18.6 Å². The molecule has 4 heteroatoms. The standard InChI is InChI=1S/C15H20N2O2/c1-3-9-17-14-7-5-4-6-13(14)16-15(17)11-12(18)8-10-19-2/h4-7H,3,8-11H2,1-2H3. The summed E-state index contributed by atoms with van der Waals surface area (Å²) in [6.45, 7) is 3.51. The molecule has 0 aliphatic carbocycles. The molecule has 0 unspecified atom stereocenters. The van der Waals surface area contributed by atoms with Crippen molar-refractivity contribution in [1.82, 2.24) is 9.55 Å². The van der Waals surface area contributed by atoms with E-state index in [9.17, 15) is 4.79 Å². The first-order chi connectivity index (χ1) is 9.26. The number of carbonyl (C=O) groups is 1. The van der Waals surface area contributed by atoms with E-state index in [-0.39, 0.29) is 5.78 Å². The Morgan fingerprint density at radius 3 is 2.89 bits per heavy atom. The first-order valence-electron chi connectivity index (χ1n) is 6.71. The molecule has 0 fully saturated rings. The third kappa shape index (κ3) is 3.20. The van der Waals surface area contributed by atoms with Gasteiger partial charge in [0.1, 0.15) is 11.6 Å².